The standard InChI is InChI=1S/C15H17NO/c1-16-10-13(11-6-2-4-8-14(11)16)12-7-3-5-9-15(12)17/h2,4,6,8,10,12H,3,5,7,9H2,1H3/t12-/m1/s1. The summed E-state index contributed by atoms with van der Waals surface area (Å²) >= 11 is 0. The fourth-order valence-corrected chi connectivity index (χ4v) is 2.96. The third kappa shape index (κ3) is 1.68. The van der Waals surface area contributed by atoms with E-state index in [0.717, 1.165) is 19.3 Å². The van der Waals surface area contributed by atoms with E-state index < -0.39 is 0 Å². The molecule has 1 atom stereocenters. The fourth-order valence-electron chi connectivity index (χ4n) is 2.96. The van der Waals surface area contributed by atoms with E-state index in [1.807, 2.05) is 0 Å². The van der Waals surface area contributed by atoms with Crippen molar-refractivity contribution < 1.29 is 4.79 Å². The molecule has 0 saturated heterocycles. The van der Waals surface area contributed by atoms with Gasteiger partial charge in [0, 0.05) is 36.5 Å². The van der Waals surface area contributed by atoms with Gasteiger partial charge in [0.05, 0.1) is 0 Å². The summed E-state index contributed by atoms with van der Waals surface area (Å²) in [6.07, 6.45) is 6.17. The monoisotopic (exact) mass is 227 g/mol. The minimum atomic E-state index is 0.134. The molecule has 1 aliphatic rings. The van der Waals surface area contributed by atoms with Crippen molar-refractivity contribution in [1.29, 1.82) is 0 Å². The van der Waals surface area contributed by atoms with Crippen LogP contribution in [0.1, 0.15) is 37.2 Å². The van der Waals surface area contributed by atoms with Gasteiger partial charge in [0.2, 0.25) is 0 Å². The van der Waals surface area contributed by atoms with Crippen molar-refractivity contribution >= 4 is 16.7 Å². The topological polar surface area (TPSA) is 22.0 Å². The first kappa shape index (κ1) is 10.6. The summed E-state index contributed by atoms with van der Waals surface area (Å²) in [7, 11) is 2.05. The normalized spacial score (nSPS) is 21.0. The Morgan fingerprint density at radius 3 is 2.88 bits per heavy atom. The summed E-state index contributed by atoms with van der Waals surface area (Å²) in [4.78, 5) is 12.0. The first-order chi connectivity index (χ1) is 8.27. The number of nitrogens with zero attached hydrogens (tertiary/aromatic N) is 1. The molecule has 1 saturated carbocycles. The number of carbonyl (C=O) groups is 1. The highest BCUT2D eigenvalue weighted by Crippen LogP contribution is 2.34. The summed E-state index contributed by atoms with van der Waals surface area (Å²) in [6, 6.07) is 8.35. The summed E-state index contributed by atoms with van der Waals surface area (Å²) in [6.45, 7) is 0. The van der Waals surface area contributed by atoms with Gasteiger partial charge in [-0.05, 0) is 24.5 Å². The number of fused-ring (bicyclic) bond motifs is 1. The van der Waals surface area contributed by atoms with Gasteiger partial charge in [-0.25, -0.2) is 0 Å². The minimum Gasteiger partial charge on any atom is -0.350 e. The number of Topliss-reactive ketones (excluding diaryl/α,β-unsaturated/α-hetero) is 1. The second-order valence-corrected chi connectivity index (χ2v) is 4.98. The molecule has 0 bridgehead atoms. The van der Waals surface area contributed by atoms with Crippen LogP contribution in [-0.2, 0) is 11.8 Å². The zero-order chi connectivity index (χ0) is 11.8. The Balaban J connectivity index is 2.13. The van der Waals surface area contributed by atoms with E-state index in [4.69, 9.17) is 0 Å². The van der Waals surface area contributed by atoms with Crippen LogP contribution in [0.5, 0.6) is 0 Å². The van der Waals surface area contributed by atoms with Crippen LogP contribution in [0.4, 0.5) is 0 Å². The average molecular weight is 227 g/mol. The molecule has 1 aliphatic carbocycles. The predicted octanol–water partition coefficient (Wildman–Crippen LogP) is 3.41. The molecule has 17 heavy (non-hydrogen) atoms. The quantitative estimate of drug-likeness (QED) is 0.731. The third-order valence-electron chi connectivity index (χ3n) is 3.86. The molecule has 0 N–H and O–H groups in total. The van der Waals surface area contributed by atoms with Gasteiger partial charge in [0.15, 0.2) is 0 Å². The van der Waals surface area contributed by atoms with Crippen LogP contribution in [-0.4, -0.2) is 10.4 Å². The van der Waals surface area contributed by atoms with Crippen LogP contribution in [0.25, 0.3) is 10.9 Å². The van der Waals surface area contributed by atoms with Gasteiger partial charge in [0.1, 0.15) is 5.78 Å². The second-order valence-electron chi connectivity index (χ2n) is 4.98. The number of hydrogen-bond acceptors (Lipinski definition) is 1. The van der Waals surface area contributed by atoms with Crippen LogP contribution < -0.4 is 0 Å². The van der Waals surface area contributed by atoms with E-state index in [2.05, 4.69) is 42.1 Å². The largest absolute Gasteiger partial charge is 0.350 e. The Bertz CT molecular complexity index is 567. The molecular weight excluding hydrogens is 210 g/mol. The summed E-state index contributed by atoms with van der Waals surface area (Å²) < 4.78 is 2.13. The second kappa shape index (κ2) is 4.02. The zero-order valence-electron chi connectivity index (χ0n) is 10.1. The molecule has 2 heteroatoms. The van der Waals surface area contributed by atoms with Crippen molar-refractivity contribution in [2.75, 3.05) is 0 Å². The number of aromatic nitrogens is 1. The maximum absolute atomic E-state index is 12.0. The number of para-hydroxylation sites is 1. The maximum Gasteiger partial charge on any atom is 0.140 e. The molecular formula is C15H17NO. The van der Waals surface area contributed by atoms with Gasteiger partial charge in [0.25, 0.3) is 0 Å². The number of rotatable bonds is 1. The van der Waals surface area contributed by atoms with Gasteiger partial charge in [-0.2, -0.15) is 0 Å². The Labute approximate surface area is 101 Å². The first-order valence-corrected chi connectivity index (χ1v) is 6.34. The summed E-state index contributed by atoms with van der Waals surface area (Å²) in [5.74, 6) is 0.558. The molecule has 0 spiro atoms. The summed E-state index contributed by atoms with van der Waals surface area (Å²) in [5.41, 5.74) is 2.45. The van der Waals surface area contributed by atoms with Crippen molar-refractivity contribution in [3.05, 3.63) is 36.0 Å². The highest BCUT2D eigenvalue weighted by atomic mass is 16.1. The lowest BCUT2D eigenvalue weighted by Gasteiger charge is -2.19. The van der Waals surface area contributed by atoms with Crippen molar-refractivity contribution in [1.82, 2.24) is 4.57 Å². The van der Waals surface area contributed by atoms with Crippen LogP contribution in [0, 0.1) is 0 Å². The lowest BCUT2D eigenvalue weighted by molar-refractivity contribution is -0.121. The molecule has 0 unspecified atom stereocenters. The number of hydrogen-bond donors (Lipinski definition) is 0. The Kier molecular flexibility index (Phi) is 2.50. The molecule has 1 fully saturated rings. The van der Waals surface area contributed by atoms with E-state index in [1.54, 1.807) is 0 Å². The van der Waals surface area contributed by atoms with E-state index in [-0.39, 0.29) is 5.92 Å². The Hall–Kier alpha value is -1.57. The lowest BCUT2D eigenvalue weighted by Crippen LogP contribution is -2.16. The van der Waals surface area contributed by atoms with E-state index >= 15 is 0 Å². The van der Waals surface area contributed by atoms with Crippen LogP contribution in [0.2, 0.25) is 0 Å². The maximum atomic E-state index is 12.0. The van der Waals surface area contributed by atoms with E-state index in [9.17, 15) is 4.79 Å². The molecule has 2 nitrogen and oxygen atoms in total. The molecule has 0 radical (unpaired) electrons. The minimum absolute atomic E-state index is 0.134. The Morgan fingerprint density at radius 2 is 2.06 bits per heavy atom. The van der Waals surface area contributed by atoms with Crippen molar-refractivity contribution in [3.63, 3.8) is 0 Å². The molecule has 1 aromatic heterocycles. The van der Waals surface area contributed by atoms with Crippen LogP contribution in [0.3, 0.4) is 0 Å². The SMILES string of the molecule is Cn1cc([C@H]2CCCCC2=O)c2ccccc21. The molecule has 0 amide bonds. The highest BCUT2D eigenvalue weighted by Gasteiger charge is 2.26. The van der Waals surface area contributed by atoms with Gasteiger partial charge < -0.3 is 4.57 Å². The molecule has 1 aromatic carbocycles. The van der Waals surface area contributed by atoms with Crippen LogP contribution >= 0.6 is 0 Å². The number of benzene rings is 1. The number of carbonyl (C=O) groups excluding carboxylic acids is 1. The zero-order valence-corrected chi connectivity index (χ0v) is 10.1. The van der Waals surface area contributed by atoms with Crippen LogP contribution in [0.15, 0.2) is 30.5 Å². The molecule has 2 aromatic rings. The fraction of sp³-hybridized carbons (Fsp3) is 0.400. The van der Waals surface area contributed by atoms with Crippen molar-refractivity contribution in [2.24, 2.45) is 7.05 Å². The average Bonchev–Trinajstić information content (AvgIpc) is 2.68. The first-order valence-electron chi connectivity index (χ1n) is 6.34. The number of ketones is 1. The lowest BCUT2D eigenvalue weighted by atomic mass is 9.83. The van der Waals surface area contributed by atoms with Gasteiger partial charge in [-0.3, -0.25) is 4.79 Å². The van der Waals surface area contributed by atoms with Crippen molar-refractivity contribution in [2.45, 2.75) is 31.6 Å². The van der Waals surface area contributed by atoms with E-state index in [0.29, 0.717) is 5.78 Å². The smallest absolute Gasteiger partial charge is 0.140 e. The molecule has 1 heterocycles. The van der Waals surface area contributed by atoms with Gasteiger partial charge in [-0.15, -0.1) is 0 Å². The molecule has 0 aliphatic heterocycles. The predicted molar refractivity (Wildman–Crippen MR) is 69.1 cm³/mol. The molecule has 88 valence electrons. The summed E-state index contributed by atoms with van der Waals surface area (Å²) in [5, 5.41) is 1.25. The van der Waals surface area contributed by atoms with Gasteiger partial charge in [-0.1, -0.05) is 24.6 Å². The highest BCUT2D eigenvalue weighted by molar-refractivity contribution is 5.93. The van der Waals surface area contributed by atoms with Gasteiger partial charge >= 0.3 is 0 Å². The molecule has 3 rings (SSSR count). The Morgan fingerprint density at radius 1 is 1.24 bits per heavy atom. The van der Waals surface area contributed by atoms with Crippen molar-refractivity contribution in [3.8, 4) is 0 Å². The number of aryl methyl sites for hydroxylation is 1. The van der Waals surface area contributed by atoms with E-state index in [1.165, 1.54) is 22.9 Å². The third-order valence-corrected chi connectivity index (χ3v) is 3.86.